The molecular formula is C15H24N2O. The van der Waals surface area contributed by atoms with E-state index in [1.807, 2.05) is 53.7 Å². The topological polar surface area (TPSA) is 55.1 Å². The summed E-state index contributed by atoms with van der Waals surface area (Å²) in [5.41, 5.74) is 7.96. The summed E-state index contributed by atoms with van der Waals surface area (Å²) in [6, 6.07) is 5.97. The van der Waals surface area contributed by atoms with Gasteiger partial charge in [-0.05, 0) is 53.2 Å². The molecule has 1 rings (SSSR count). The van der Waals surface area contributed by atoms with Gasteiger partial charge >= 0.3 is 0 Å². The maximum atomic E-state index is 12.3. The van der Waals surface area contributed by atoms with Gasteiger partial charge in [-0.1, -0.05) is 17.7 Å². The van der Waals surface area contributed by atoms with E-state index >= 15 is 0 Å². The van der Waals surface area contributed by atoms with Gasteiger partial charge in [0.25, 0.3) is 0 Å². The summed E-state index contributed by atoms with van der Waals surface area (Å²) in [4.78, 5) is 12.3. The summed E-state index contributed by atoms with van der Waals surface area (Å²) >= 11 is 0. The number of nitrogens with two attached hydrogens (primary N) is 1. The van der Waals surface area contributed by atoms with E-state index < -0.39 is 11.0 Å². The molecule has 0 fully saturated rings. The molecule has 1 aromatic carbocycles. The van der Waals surface area contributed by atoms with Gasteiger partial charge in [-0.3, -0.25) is 4.79 Å². The Labute approximate surface area is 110 Å². The molecule has 0 bridgehead atoms. The van der Waals surface area contributed by atoms with Gasteiger partial charge in [0.2, 0.25) is 5.91 Å². The molecule has 0 saturated heterocycles. The minimum Gasteiger partial charge on any atom is -0.325 e. The Morgan fingerprint density at radius 3 is 2.17 bits per heavy atom. The molecule has 100 valence electrons. The van der Waals surface area contributed by atoms with Crippen LogP contribution in [0.4, 0.5) is 5.69 Å². The summed E-state index contributed by atoms with van der Waals surface area (Å²) in [5.74, 6) is -0.0537. The van der Waals surface area contributed by atoms with E-state index in [0.29, 0.717) is 0 Å². The number of rotatable bonds is 3. The van der Waals surface area contributed by atoms with E-state index in [9.17, 15) is 4.79 Å². The van der Waals surface area contributed by atoms with Crippen LogP contribution in [0.2, 0.25) is 0 Å². The Morgan fingerprint density at radius 2 is 1.72 bits per heavy atom. The molecule has 3 N–H and O–H groups in total. The van der Waals surface area contributed by atoms with Crippen LogP contribution < -0.4 is 11.1 Å². The van der Waals surface area contributed by atoms with Crippen LogP contribution in [0.5, 0.6) is 0 Å². The highest BCUT2D eigenvalue weighted by Gasteiger charge is 2.40. The third-order valence-corrected chi connectivity index (χ3v) is 3.81. The number of nitrogens with one attached hydrogen (secondary N) is 1. The quantitative estimate of drug-likeness (QED) is 0.864. The fraction of sp³-hybridized carbons (Fsp3) is 0.533. The first-order valence-corrected chi connectivity index (χ1v) is 6.23. The predicted octanol–water partition coefficient (Wildman–Crippen LogP) is 3.01. The maximum Gasteiger partial charge on any atom is 0.231 e. The van der Waals surface area contributed by atoms with E-state index in [0.717, 1.165) is 11.3 Å². The first-order valence-electron chi connectivity index (χ1n) is 6.23. The summed E-state index contributed by atoms with van der Waals surface area (Å²) < 4.78 is 0. The maximum absolute atomic E-state index is 12.3. The molecule has 0 radical (unpaired) electrons. The number of carbonyl (C=O) groups is 1. The monoisotopic (exact) mass is 248 g/mol. The number of benzene rings is 1. The zero-order valence-electron chi connectivity index (χ0n) is 12.2. The molecule has 18 heavy (non-hydrogen) atoms. The van der Waals surface area contributed by atoms with Gasteiger partial charge in [-0.2, -0.15) is 0 Å². The standard InChI is InChI=1S/C15H24N2O/c1-10-7-8-12(11(2)9-10)17-13(18)14(3,4)15(5,6)16/h7-9H,16H2,1-6H3,(H,17,18). The summed E-state index contributed by atoms with van der Waals surface area (Å²) in [5, 5.41) is 2.97. The SMILES string of the molecule is Cc1ccc(NC(=O)C(C)(C)C(C)(C)N)c(C)c1. The van der Waals surface area contributed by atoms with Crippen molar-refractivity contribution in [3.8, 4) is 0 Å². The van der Waals surface area contributed by atoms with Crippen molar-refractivity contribution in [1.29, 1.82) is 0 Å². The van der Waals surface area contributed by atoms with Gasteiger partial charge < -0.3 is 11.1 Å². The van der Waals surface area contributed by atoms with Crippen molar-refractivity contribution < 1.29 is 4.79 Å². The Bertz CT molecular complexity index is 456. The normalized spacial score (nSPS) is 12.4. The largest absolute Gasteiger partial charge is 0.325 e. The van der Waals surface area contributed by atoms with Crippen molar-refractivity contribution in [3.63, 3.8) is 0 Å². The van der Waals surface area contributed by atoms with Gasteiger partial charge in [0.15, 0.2) is 0 Å². The molecule has 0 spiro atoms. The fourth-order valence-electron chi connectivity index (χ4n) is 1.53. The first kappa shape index (κ1) is 14.7. The molecule has 0 aromatic heterocycles. The van der Waals surface area contributed by atoms with Crippen LogP contribution in [0.25, 0.3) is 0 Å². The smallest absolute Gasteiger partial charge is 0.231 e. The third kappa shape index (κ3) is 2.91. The average Bonchev–Trinajstić information content (AvgIpc) is 2.20. The fourth-order valence-corrected chi connectivity index (χ4v) is 1.53. The number of carbonyl (C=O) groups excluding carboxylic acids is 1. The molecule has 0 saturated carbocycles. The molecule has 3 nitrogen and oxygen atoms in total. The number of hydrogen-bond donors (Lipinski definition) is 2. The van der Waals surface area contributed by atoms with Crippen molar-refractivity contribution in [3.05, 3.63) is 29.3 Å². The van der Waals surface area contributed by atoms with Gasteiger partial charge in [-0.15, -0.1) is 0 Å². The molecule has 1 aromatic rings. The Balaban J connectivity index is 2.95. The van der Waals surface area contributed by atoms with Crippen molar-refractivity contribution >= 4 is 11.6 Å². The van der Waals surface area contributed by atoms with Crippen LogP contribution in [0.1, 0.15) is 38.8 Å². The molecule has 3 heteroatoms. The minimum absolute atomic E-state index is 0.0537. The van der Waals surface area contributed by atoms with Crippen LogP contribution in [-0.4, -0.2) is 11.4 Å². The first-order chi connectivity index (χ1) is 8.05. The molecule has 0 atom stereocenters. The second-order valence-corrected chi connectivity index (χ2v) is 6.12. The zero-order valence-corrected chi connectivity index (χ0v) is 12.2. The molecular weight excluding hydrogens is 224 g/mol. The highest BCUT2D eigenvalue weighted by atomic mass is 16.2. The van der Waals surface area contributed by atoms with E-state index in [1.54, 1.807) is 0 Å². The van der Waals surface area contributed by atoms with Crippen LogP contribution in [-0.2, 0) is 4.79 Å². The number of aryl methyl sites for hydroxylation is 2. The minimum atomic E-state index is -0.635. The molecule has 0 aliphatic rings. The Morgan fingerprint density at radius 1 is 1.17 bits per heavy atom. The lowest BCUT2D eigenvalue weighted by molar-refractivity contribution is -0.126. The van der Waals surface area contributed by atoms with Crippen LogP contribution in [0.3, 0.4) is 0 Å². The lowest BCUT2D eigenvalue weighted by Gasteiger charge is -2.37. The summed E-state index contributed by atoms with van der Waals surface area (Å²) in [6.45, 7) is 11.5. The van der Waals surface area contributed by atoms with Crippen molar-refractivity contribution in [2.75, 3.05) is 5.32 Å². The van der Waals surface area contributed by atoms with Crippen molar-refractivity contribution in [2.45, 2.75) is 47.1 Å². The predicted molar refractivity (Wildman–Crippen MR) is 76.6 cm³/mol. The molecule has 0 unspecified atom stereocenters. The van der Waals surface area contributed by atoms with Gasteiger partial charge in [0.05, 0.1) is 5.41 Å². The lowest BCUT2D eigenvalue weighted by Crippen LogP contribution is -2.53. The van der Waals surface area contributed by atoms with E-state index in [2.05, 4.69) is 11.4 Å². The lowest BCUT2D eigenvalue weighted by atomic mass is 9.74. The summed E-state index contributed by atoms with van der Waals surface area (Å²) in [7, 11) is 0. The molecule has 1 amide bonds. The Kier molecular flexibility index (Phi) is 3.86. The van der Waals surface area contributed by atoms with Crippen LogP contribution >= 0.6 is 0 Å². The van der Waals surface area contributed by atoms with Gasteiger partial charge in [0, 0.05) is 11.2 Å². The second kappa shape index (κ2) is 4.73. The zero-order chi connectivity index (χ0) is 14.1. The number of amides is 1. The Hall–Kier alpha value is -1.35. The molecule has 0 aliphatic heterocycles. The number of anilines is 1. The average molecular weight is 248 g/mol. The third-order valence-electron chi connectivity index (χ3n) is 3.81. The van der Waals surface area contributed by atoms with Gasteiger partial charge in [0.1, 0.15) is 0 Å². The second-order valence-electron chi connectivity index (χ2n) is 6.12. The van der Waals surface area contributed by atoms with E-state index in [1.165, 1.54) is 5.56 Å². The highest BCUT2D eigenvalue weighted by Crippen LogP contribution is 2.30. The van der Waals surface area contributed by atoms with Crippen molar-refractivity contribution in [1.82, 2.24) is 0 Å². The highest BCUT2D eigenvalue weighted by molar-refractivity contribution is 5.96. The van der Waals surface area contributed by atoms with Gasteiger partial charge in [-0.25, -0.2) is 0 Å². The van der Waals surface area contributed by atoms with Crippen LogP contribution in [0, 0.1) is 19.3 Å². The van der Waals surface area contributed by atoms with E-state index in [-0.39, 0.29) is 5.91 Å². The molecule has 0 heterocycles. The van der Waals surface area contributed by atoms with E-state index in [4.69, 9.17) is 5.73 Å². The number of hydrogen-bond acceptors (Lipinski definition) is 2. The van der Waals surface area contributed by atoms with Crippen molar-refractivity contribution in [2.24, 2.45) is 11.1 Å². The van der Waals surface area contributed by atoms with Crippen LogP contribution in [0.15, 0.2) is 18.2 Å². The molecule has 0 aliphatic carbocycles. The summed E-state index contributed by atoms with van der Waals surface area (Å²) in [6.07, 6.45) is 0.